The Morgan fingerprint density at radius 3 is 0.990 bits per heavy atom. The Kier molecular flexibility index (Phi) is 18.9. The number of pyridine rings is 3. The second kappa shape index (κ2) is 28.2. The molecule has 3 aliphatic rings. The molecule has 97 heavy (non-hydrogen) atoms. The lowest BCUT2D eigenvalue weighted by atomic mass is 9.96. The highest BCUT2D eigenvalue weighted by Crippen LogP contribution is 2.33. The monoisotopic (exact) mass is 1310 g/mol. The van der Waals surface area contributed by atoms with Crippen molar-refractivity contribution in [3.63, 3.8) is 0 Å². The van der Waals surface area contributed by atoms with Crippen LogP contribution in [-0.2, 0) is 38.2 Å². The number of aliphatic hydroxyl groups excluding tert-OH is 3. The van der Waals surface area contributed by atoms with E-state index in [1.165, 1.54) is 51.9 Å². The van der Waals surface area contributed by atoms with Gasteiger partial charge in [0, 0.05) is 54.6 Å². The van der Waals surface area contributed by atoms with Crippen LogP contribution in [0.15, 0.2) is 179 Å². The molecule has 6 aromatic heterocycles. The Morgan fingerprint density at radius 1 is 0.423 bits per heavy atom. The number of rotatable bonds is 12. The van der Waals surface area contributed by atoms with Gasteiger partial charge < -0.3 is 44.5 Å². The van der Waals surface area contributed by atoms with E-state index < -0.39 is 36.2 Å². The van der Waals surface area contributed by atoms with Crippen molar-refractivity contribution in [1.82, 2.24) is 43.6 Å². The Balaban J connectivity index is 0.000000131. The highest BCUT2D eigenvalue weighted by atomic mass is 16.5. The van der Waals surface area contributed by atoms with Crippen LogP contribution in [0.4, 0.5) is 0 Å². The molecule has 0 unspecified atom stereocenters. The van der Waals surface area contributed by atoms with E-state index in [1.54, 1.807) is 36.8 Å². The largest absolute Gasteiger partial charge is 0.477 e. The fourth-order valence-electron chi connectivity index (χ4n) is 13.1. The second-order valence-corrected chi connectivity index (χ2v) is 24.1. The molecule has 0 aliphatic carbocycles. The van der Waals surface area contributed by atoms with E-state index in [-0.39, 0.29) is 71.7 Å². The first-order valence-corrected chi connectivity index (χ1v) is 31.5. The number of aromatic carboxylic acids is 2. The molecule has 24 heteroatoms. The predicted octanol–water partition coefficient (Wildman–Crippen LogP) is 7.76. The molecule has 0 radical (unpaired) electrons. The molecule has 492 valence electrons. The minimum Gasteiger partial charge on any atom is -0.477 e. The van der Waals surface area contributed by atoms with Gasteiger partial charge in [-0.05, 0) is 124 Å². The maximum atomic E-state index is 13.5. The molecule has 6 atom stereocenters. The summed E-state index contributed by atoms with van der Waals surface area (Å²) < 4.78 is 25.2. The lowest BCUT2D eigenvalue weighted by Gasteiger charge is -2.29. The average molecular weight is 1310 g/mol. The normalized spacial score (nSPS) is 18.7. The smallest absolute Gasteiger partial charge is 0.356 e. The van der Waals surface area contributed by atoms with Crippen molar-refractivity contribution in [2.75, 3.05) is 46.8 Å². The number of carboxylic acid groups (broad SMARTS) is 2. The highest BCUT2D eigenvalue weighted by molar-refractivity contribution is 6.08. The third-order valence-corrected chi connectivity index (χ3v) is 18.1. The van der Waals surface area contributed by atoms with Gasteiger partial charge in [0.1, 0.15) is 17.1 Å². The number of methoxy groups -OCH3 is 1. The summed E-state index contributed by atoms with van der Waals surface area (Å²) in [6.45, 7) is 2.04. The maximum absolute atomic E-state index is 13.5. The molecule has 6 aromatic carbocycles. The third-order valence-electron chi connectivity index (χ3n) is 18.1. The minimum absolute atomic E-state index is 0.0146. The SMILES string of the molecule is COC(=O)c1ccc(Cc2cc3c(=O)n([C@H]4CCOC[C@@H]4O)cnc3c3ccccc23)cn1.O=C(O)c1ccc(Cc2cc3c(=O)n([C@H]4CCOC[C@@H]4O)cnc3c3ccccc23)cn1.O=C(O)c1ccc(Cc2cc3c(=O)n([C@H]4CCOC[C@@H]4O)cnc3c3ccccc23)cn1. The number of hydrogen-bond acceptors (Lipinski definition) is 19. The summed E-state index contributed by atoms with van der Waals surface area (Å²) in [5.41, 5.74) is 6.86. The Morgan fingerprint density at radius 2 is 0.722 bits per heavy atom. The van der Waals surface area contributed by atoms with Gasteiger partial charge in [-0.15, -0.1) is 0 Å². The number of carboxylic acids is 2. The van der Waals surface area contributed by atoms with Crippen LogP contribution in [0, 0.1) is 0 Å². The first-order chi connectivity index (χ1) is 47.1. The molecule has 0 saturated carbocycles. The van der Waals surface area contributed by atoms with Gasteiger partial charge in [0.05, 0.1) is 115 Å². The number of ether oxygens (including phenoxy) is 4. The van der Waals surface area contributed by atoms with Crippen LogP contribution >= 0.6 is 0 Å². The molecule has 3 saturated heterocycles. The molecule has 0 spiro atoms. The average Bonchev–Trinajstić information content (AvgIpc) is 0.766. The second-order valence-electron chi connectivity index (χ2n) is 24.1. The van der Waals surface area contributed by atoms with Gasteiger partial charge in [0.15, 0.2) is 0 Å². The molecule has 24 nitrogen and oxygen atoms in total. The minimum atomic E-state index is -1.07. The van der Waals surface area contributed by atoms with E-state index in [1.807, 2.05) is 97.1 Å². The van der Waals surface area contributed by atoms with Crippen LogP contribution in [0.25, 0.3) is 65.0 Å². The van der Waals surface area contributed by atoms with Crippen LogP contribution in [0.1, 0.15) is 102 Å². The van der Waals surface area contributed by atoms with Gasteiger partial charge in [-0.1, -0.05) is 91.0 Å². The van der Waals surface area contributed by atoms with Crippen molar-refractivity contribution < 1.29 is 58.9 Å². The Bertz CT molecular complexity index is 4970. The summed E-state index contributed by atoms with van der Waals surface area (Å²) in [7, 11) is 1.32. The molecular weight excluding hydrogens is 1240 g/mol. The van der Waals surface area contributed by atoms with Crippen LogP contribution in [0.5, 0.6) is 0 Å². The molecule has 5 N–H and O–H groups in total. The topological polar surface area (TPSA) is 333 Å². The van der Waals surface area contributed by atoms with Gasteiger partial charge in [-0.2, -0.15) is 0 Å². The van der Waals surface area contributed by atoms with E-state index in [0.29, 0.717) is 91.1 Å². The molecular formula is C73H65N9O15. The fourth-order valence-corrected chi connectivity index (χ4v) is 13.1. The first-order valence-electron chi connectivity index (χ1n) is 31.5. The molecule has 12 aromatic rings. The van der Waals surface area contributed by atoms with Crippen molar-refractivity contribution in [2.24, 2.45) is 0 Å². The van der Waals surface area contributed by atoms with Gasteiger partial charge in [-0.25, -0.2) is 44.3 Å². The highest BCUT2D eigenvalue weighted by Gasteiger charge is 2.30. The van der Waals surface area contributed by atoms with E-state index >= 15 is 0 Å². The number of hydrogen-bond donors (Lipinski definition) is 5. The number of benzene rings is 6. The quantitative estimate of drug-likeness (QED) is 0.0576. The van der Waals surface area contributed by atoms with Gasteiger partial charge >= 0.3 is 17.9 Å². The predicted molar refractivity (Wildman–Crippen MR) is 358 cm³/mol. The van der Waals surface area contributed by atoms with Gasteiger partial charge in [0.2, 0.25) is 0 Å². The van der Waals surface area contributed by atoms with Crippen molar-refractivity contribution in [2.45, 2.75) is 75.0 Å². The Hall–Kier alpha value is -10.9. The number of carbonyl (C=O) groups is 3. The van der Waals surface area contributed by atoms with Crippen LogP contribution < -0.4 is 16.7 Å². The van der Waals surface area contributed by atoms with Gasteiger partial charge in [0.25, 0.3) is 16.7 Å². The van der Waals surface area contributed by atoms with Crippen LogP contribution in [0.3, 0.4) is 0 Å². The number of nitrogens with zero attached hydrogens (tertiary/aromatic N) is 9. The van der Waals surface area contributed by atoms with E-state index in [0.717, 1.165) is 65.7 Å². The summed E-state index contributed by atoms with van der Waals surface area (Å²) in [6.07, 6.45) is 10.1. The zero-order valence-electron chi connectivity index (χ0n) is 52.4. The number of carbonyl (C=O) groups excluding carboxylic acids is 1. The summed E-state index contributed by atoms with van der Waals surface area (Å²) in [6, 6.07) is 37.7. The van der Waals surface area contributed by atoms with E-state index in [2.05, 4.69) is 29.9 Å². The summed E-state index contributed by atoms with van der Waals surface area (Å²) >= 11 is 0. The van der Waals surface area contributed by atoms with Crippen molar-refractivity contribution in [3.05, 3.63) is 246 Å². The van der Waals surface area contributed by atoms with Crippen molar-refractivity contribution in [3.8, 4) is 0 Å². The molecule has 9 heterocycles. The first kappa shape index (κ1) is 64.8. The lowest BCUT2D eigenvalue weighted by Crippen LogP contribution is -2.39. The number of fused-ring (bicyclic) bond motifs is 9. The third kappa shape index (κ3) is 13.3. The van der Waals surface area contributed by atoms with Crippen molar-refractivity contribution >= 4 is 82.9 Å². The Labute approximate surface area is 551 Å². The molecule has 0 amide bonds. The fraction of sp³-hybridized carbons (Fsp3) is 0.260. The lowest BCUT2D eigenvalue weighted by molar-refractivity contribution is -0.0395. The van der Waals surface area contributed by atoms with E-state index in [4.69, 9.17) is 29.2 Å². The molecule has 3 aliphatic heterocycles. The van der Waals surface area contributed by atoms with Crippen molar-refractivity contribution in [1.29, 1.82) is 0 Å². The van der Waals surface area contributed by atoms with Crippen LogP contribution in [-0.4, -0.2) is 152 Å². The zero-order chi connectivity index (χ0) is 67.4. The van der Waals surface area contributed by atoms with Crippen LogP contribution in [0.2, 0.25) is 0 Å². The van der Waals surface area contributed by atoms with E-state index in [9.17, 15) is 44.1 Å². The summed E-state index contributed by atoms with van der Waals surface area (Å²) in [5.74, 6) is -2.64. The maximum Gasteiger partial charge on any atom is 0.356 e. The molecule has 0 bridgehead atoms. The summed E-state index contributed by atoms with van der Waals surface area (Å²) in [4.78, 5) is 100. The summed E-state index contributed by atoms with van der Waals surface area (Å²) in [5, 5.41) is 56.2. The zero-order valence-corrected chi connectivity index (χ0v) is 52.4. The number of esters is 1. The molecule has 3 fully saturated rings. The molecule has 15 rings (SSSR count). The number of aromatic nitrogens is 9. The van der Waals surface area contributed by atoms with Gasteiger partial charge in [-0.3, -0.25) is 28.1 Å². The standard InChI is InChI=1S/C25H23N3O5.2C24H21N3O5/c1-32-25(31)20-7-6-15(12-26-20)10-16-11-19-23(18-5-3-2-4-17(16)18)27-14-28(24(19)30)21-8-9-33-13-22(21)29;2*28-21-12-32-8-7-20(21)27-13-26-22-17-4-2-1-3-16(17)15(10-18(22)23(27)29)9-14-5-6-19(24(30)31)25-11-14/h2-7,11-12,14,21-22,29H,8-10,13H2,1H3;2*1-6,10-11,13,20-21,28H,7-9,12H2,(H,30,31)/t21-,22-;2*20-,21-/m000/s1. The number of aliphatic hydroxyl groups is 3.